The van der Waals surface area contributed by atoms with E-state index in [9.17, 15) is 5.11 Å². The van der Waals surface area contributed by atoms with Gasteiger partial charge in [0.05, 0.1) is 12.2 Å². The molecule has 121 valence electrons. The molecule has 1 N–H and O–H groups in total. The molecule has 0 unspecified atom stereocenters. The van der Waals surface area contributed by atoms with Crippen molar-refractivity contribution in [1.29, 1.82) is 0 Å². The summed E-state index contributed by atoms with van der Waals surface area (Å²) in [5.74, 6) is 0.145. The van der Waals surface area contributed by atoms with Crippen LogP contribution in [0.4, 0.5) is 0 Å². The normalized spacial score (nSPS) is 33.5. The van der Waals surface area contributed by atoms with E-state index in [0.717, 1.165) is 0 Å². The van der Waals surface area contributed by atoms with Gasteiger partial charge in [0.15, 0.2) is 0 Å². The van der Waals surface area contributed by atoms with Crippen LogP contribution >= 0.6 is 0 Å². The maximum absolute atomic E-state index is 10.1. The molecular formula is C15H29O4Si2. The standard InChI is InChI=1S/C15H29O4Si2/c1-10(2)20-18-15-13(7-8-14(15)16)9-17-21(19-20,11(3)4)12(5)6/h7-8,10-16H,9H2,1-6H3/t13-,14+,15-/m1/s1. The van der Waals surface area contributed by atoms with Gasteiger partial charge >= 0.3 is 17.8 Å². The van der Waals surface area contributed by atoms with Crippen molar-refractivity contribution in [3.05, 3.63) is 12.2 Å². The molecule has 1 saturated heterocycles. The van der Waals surface area contributed by atoms with Crippen LogP contribution in [-0.2, 0) is 13.0 Å². The van der Waals surface area contributed by atoms with Gasteiger partial charge in [-0.1, -0.05) is 53.7 Å². The first-order chi connectivity index (χ1) is 9.78. The summed E-state index contributed by atoms with van der Waals surface area (Å²) >= 11 is 0. The van der Waals surface area contributed by atoms with Crippen LogP contribution in [0, 0.1) is 5.92 Å². The van der Waals surface area contributed by atoms with Gasteiger partial charge in [0.1, 0.15) is 0 Å². The molecule has 4 nitrogen and oxygen atoms in total. The average Bonchev–Trinajstić information content (AvgIpc) is 2.68. The molecule has 2 rings (SSSR count). The third-order valence-electron chi connectivity index (χ3n) is 4.41. The van der Waals surface area contributed by atoms with E-state index in [0.29, 0.717) is 23.2 Å². The van der Waals surface area contributed by atoms with Gasteiger partial charge < -0.3 is 18.1 Å². The highest BCUT2D eigenvalue weighted by Gasteiger charge is 2.51. The minimum absolute atomic E-state index is 0.145. The number of aliphatic hydroxyl groups is 1. The van der Waals surface area contributed by atoms with E-state index in [1.165, 1.54) is 0 Å². The van der Waals surface area contributed by atoms with E-state index in [2.05, 4.69) is 41.5 Å². The molecule has 0 bridgehead atoms. The first kappa shape index (κ1) is 17.4. The molecule has 1 aliphatic heterocycles. The zero-order valence-electron chi connectivity index (χ0n) is 14.0. The van der Waals surface area contributed by atoms with Crippen molar-refractivity contribution in [3.63, 3.8) is 0 Å². The fourth-order valence-electron chi connectivity index (χ4n) is 3.10. The smallest absolute Gasteiger partial charge is 0.378 e. The predicted molar refractivity (Wildman–Crippen MR) is 87.3 cm³/mol. The lowest BCUT2D eigenvalue weighted by Crippen LogP contribution is -2.57. The maximum atomic E-state index is 10.1. The SMILES string of the molecule is CC(C)[Si]1O[C@@H]2[C@H](C=C[C@@H]2O)CO[Si](C(C)C)(C(C)C)O1. The predicted octanol–water partition coefficient (Wildman–Crippen LogP) is 3.13. The molecule has 0 aromatic carbocycles. The number of rotatable bonds is 3. The maximum Gasteiger partial charge on any atom is 0.378 e. The number of hydrogen-bond acceptors (Lipinski definition) is 4. The monoisotopic (exact) mass is 329 g/mol. The van der Waals surface area contributed by atoms with Crippen LogP contribution in [-0.4, -0.2) is 41.8 Å². The molecule has 0 spiro atoms. The van der Waals surface area contributed by atoms with E-state index in [4.69, 9.17) is 13.0 Å². The summed E-state index contributed by atoms with van der Waals surface area (Å²) in [6.45, 7) is 13.7. The van der Waals surface area contributed by atoms with E-state index >= 15 is 0 Å². The van der Waals surface area contributed by atoms with Gasteiger partial charge in [-0.2, -0.15) is 0 Å². The summed E-state index contributed by atoms with van der Waals surface area (Å²) in [6, 6.07) is 0. The molecule has 0 aromatic heterocycles. The van der Waals surface area contributed by atoms with Crippen LogP contribution in [0.1, 0.15) is 41.5 Å². The second-order valence-corrected chi connectivity index (χ2v) is 13.9. The highest BCUT2D eigenvalue weighted by atomic mass is 28.4. The Hall–Kier alpha value is 0.0138. The Morgan fingerprint density at radius 1 is 1.10 bits per heavy atom. The fraction of sp³-hybridized carbons (Fsp3) is 0.867. The summed E-state index contributed by atoms with van der Waals surface area (Å²) < 4.78 is 19.3. The molecule has 6 heteroatoms. The number of hydrogen-bond donors (Lipinski definition) is 1. The van der Waals surface area contributed by atoms with Crippen molar-refractivity contribution in [2.45, 2.75) is 70.4 Å². The van der Waals surface area contributed by atoms with Crippen LogP contribution in [0.2, 0.25) is 16.6 Å². The van der Waals surface area contributed by atoms with Gasteiger partial charge in [0, 0.05) is 12.5 Å². The molecule has 1 fully saturated rings. The largest absolute Gasteiger partial charge is 0.413 e. The summed E-state index contributed by atoms with van der Waals surface area (Å²) in [7, 11) is -3.79. The summed E-state index contributed by atoms with van der Waals surface area (Å²) in [4.78, 5) is 0. The van der Waals surface area contributed by atoms with Crippen molar-refractivity contribution in [1.82, 2.24) is 0 Å². The van der Waals surface area contributed by atoms with Crippen LogP contribution in [0.5, 0.6) is 0 Å². The minimum Gasteiger partial charge on any atom is -0.413 e. The number of aliphatic hydroxyl groups excluding tert-OH is 1. The van der Waals surface area contributed by atoms with Gasteiger partial charge in [-0.3, -0.25) is 0 Å². The zero-order valence-corrected chi connectivity index (χ0v) is 16.0. The topological polar surface area (TPSA) is 47.9 Å². The molecule has 0 saturated carbocycles. The van der Waals surface area contributed by atoms with E-state index < -0.39 is 23.9 Å². The fourth-order valence-corrected chi connectivity index (χ4v) is 10.9. The lowest BCUT2D eigenvalue weighted by Gasteiger charge is -2.44. The van der Waals surface area contributed by atoms with Crippen LogP contribution in [0.25, 0.3) is 0 Å². The third kappa shape index (κ3) is 3.35. The second-order valence-electron chi connectivity index (χ2n) is 7.04. The van der Waals surface area contributed by atoms with Crippen LogP contribution in [0.3, 0.4) is 0 Å². The van der Waals surface area contributed by atoms with Gasteiger partial charge in [-0.25, -0.2) is 0 Å². The molecule has 1 radical (unpaired) electrons. The molecule has 1 aliphatic carbocycles. The molecule has 0 aromatic rings. The Kier molecular flexibility index (Phi) is 5.49. The highest BCUT2D eigenvalue weighted by molar-refractivity contribution is 6.76. The molecule has 0 amide bonds. The quantitative estimate of drug-likeness (QED) is 0.638. The minimum atomic E-state index is -2.32. The Morgan fingerprint density at radius 3 is 2.24 bits per heavy atom. The van der Waals surface area contributed by atoms with Gasteiger partial charge in [-0.05, 0) is 16.6 Å². The highest BCUT2D eigenvalue weighted by Crippen LogP contribution is 2.40. The Labute approximate surface area is 131 Å². The Balaban J connectivity index is 2.29. The van der Waals surface area contributed by atoms with Gasteiger partial charge in [0.2, 0.25) is 0 Å². The zero-order chi connectivity index (χ0) is 15.8. The lowest BCUT2D eigenvalue weighted by atomic mass is 10.1. The van der Waals surface area contributed by atoms with Crippen molar-refractivity contribution in [3.8, 4) is 0 Å². The molecule has 3 atom stereocenters. The Bertz CT molecular complexity index is 376. The summed E-state index contributed by atoms with van der Waals surface area (Å²) in [6.07, 6.45) is 3.14. The molecular weight excluding hydrogens is 300 g/mol. The lowest BCUT2D eigenvalue weighted by molar-refractivity contribution is 0.00337. The summed E-state index contributed by atoms with van der Waals surface area (Å²) in [5, 5.41) is 10.1. The summed E-state index contributed by atoms with van der Waals surface area (Å²) in [5.41, 5.74) is 1.09. The average molecular weight is 330 g/mol. The third-order valence-corrected chi connectivity index (χ3v) is 11.8. The number of fused-ring (bicyclic) bond motifs is 1. The molecule has 21 heavy (non-hydrogen) atoms. The Morgan fingerprint density at radius 2 is 1.71 bits per heavy atom. The van der Waals surface area contributed by atoms with Crippen molar-refractivity contribution in [2.24, 2.45) is 5.92 Å². The van der Waals surface area contributed by atoms with Gasteiger partial charge in [0.25, 0.3) is 0 Å². The van der Waals surface area contributed by atoms with Gasteiger partial charge in [-0.15, -0.1) is 0 Å². The first-order valence-electron chi connectivity index (χ1n) is 8.00. The van der Waals surface area contributed by atoms with E-state index in [1.54, 1.807) is 0 Å². The van der Waals surface area contributed by atoms with Crippen molar-refractivity contribution in [2.75, 3.05) is 6.61 Å². The van der Waals surface area contributed by atoms with E-state index in [-0.39, 0.29) is 12.0 Å². The van der Waals surface area contributed by atoms with Crippen molar-refractivity contribution >= 4 is 17.8 Å². The van der Waals surface area contributed by atoms with Crippen LogP contribution < -0.4 is 0 Å². The first-order valence-corrected chi connectivity index (χ1v) is 11.4. The second kappa shape index (κ2) is 6.64. The van der Waals surface area contributed by atoms with E-state index in [1.807, 2.05) is 12.2 Å². The van der Waals surface area contributed by atoms with Crippen molar-refractivity contribution < 1.29 is 18.1 Å². The van der Waals surface area contributed by atoms with Crippen LogP contribution in [0.15, 0.2) is 12.2 Å². The molecule has 2 aliphatic rings. The molecule has 1 heterocycles.